The molecule has 2 amide bonds. The Morgan fingerprint density at radius 2 is 1.83 bits per heavy atom. The van der Waals surface area contributed by atoms with E-state index in [1.807, 2.05) is 37.3 Å². The van der Waals surface area contributed by atoms with Gasteiger partial charge in [-0.2, -0.15) is 0 Å². The van der Waals surface area contributed by atoms with Crippen molar-refractivity contribution in [2.75, 3.05) is 4.90 Å². The lowest BCUT2D eigenvalue weighted by molar-refractivity contribution is -0.122. The number of benzene rings is 2. The number of hydrogen-bond acceptors (Lipinski definition) is 3. The van der Waals surface area contributed by atoms with Crippen LogP contribution in [-0.2, 0) is 4.79 Å². The van der Waals surface area contributed by atoms with Crippen molar-refractivity contribution in [3.63, 3.8) is 0 Å². The van der Waals surface area contributed by atoms with Gasteiger partial charge in [-0.25, -0.2) is 0 Å². The van der Waals surface area contributed by atoms with Crippen molar-refractivity contribution in [2.45, 2.75) is 25.4 Å². The fourth-order valence-corrected chi connectivity index (χ4v) is 3.77. The van der Waals surface area contributed by atoms with Crippen molar-refractivity contribution < 1.29 is 9.59 Å². The van der Waals surface area contributed by atoms with Gasteiger partial charge in [0.2, 0.25) is 5.91 Å². The van der Waals surface area contributed by atoms with Crippen molar-refractivity contribution in [1.29, 1.82) is 0 Å². The zero-order chi connectivity index (χ0) is 20.4. The van der Waals surface area contributed by atoms with E-state index in [0.29, 0.717) is 22.0 Å². The molecule has 0 aliphatic carbocycles. The van der Waals surface area contributed by atoms with Gasteiger partial charge in [-0.3, -0.25) is 19.5 Å². The van der Waals surface area contributed by atoms with Crippen molar-refractivity contribution >= 4 is 29.1 Å². The predicted octanol–water partition coefficient (Wildman–Crippen LogP) is 4.70. The standard InChI is InChI=1S/C23H20ClN3O2/c1-15(16-6-3-2-4-7-16)26-21(28)14-20-22-19(8-5-13-25-22)23(29)27(20)18-11-9-17(24)10-12-18/h2-13,15,20H,14H2,1H3,(H,26,28)/t15-,20-/m0/s1. The lowest BCUT2D eigenvalue weighted by atomic mass is 10.1. The van der Waals surface area contributed by atoms with Gasteiger partial charge < -0.3 is 5.32 Å². The van der Waals surface area contributed by atoms with Crippen LogP contribution in [0, 0.1) is 0 Å². The topological polar surface area (TPSA) is 62.3 Å². The second-order valence-corrected chi connectivity index (χ2v) is 7.44. The number of rotatable bonds is 5. The first-order chi connectivity index (χ1) is 14.0. The summed E-state index contributed by atoms with van der Waals surface area (Å²) in [7, 11) is 0. The minimum atomic E-state index is -0.470. The van der Waals surface area contributed by atoms with Crippen molar-refractivity contribution in [3.8, 4) is 0 Å². The molecule has 3 aromatic rings. The Labute approximate surface area is 174 Å². The number of pyridine rings is 1. The fourth-order valence-electron chi connectivity index (χ4n) is 3.65. The highest BCUT2D eigenvalue weighted by molar-refractivity contribution is 6.30. The van der Waals surface area contributed by atoms with E-state index in [1.54, 1.807) is 47.5 Å². The number of hydrogen-bond donors (Lipinski definition) is 1. The number of aromatic nitrogens is 1. The van der Waals surface area contributed by atoms with Crippen molar-refractivity contribution in [1.82, 2.24) is 10.3 Å². The fraction of sp³-hybridized carbons (Fsp3) is 0.174. The van der Waals surface area contributed by atoms with Gasteiger partial charge in [0, 0.05) is 16.9 Å². The summed E-state index contributed by atoms with van der Waals surface area (Å²) in [5, 5.41) is 3.61. The van der Waals surface area contributed by atoms with E-state index in [4.69, 9.17) is 11.6 Å². The van der Waals surface area contributed by atoms with Gasteiger partial charge in [0.05, 0.1) is 29.8 Å². The Morgan fingerprint density at radius 1 is 1.10 bits per heavy atom. The second kappa shape index (κ2) is 8.05. The summed E-state index contributed by atoms with van der Waals surface area (Å²) in [5.41, 5.74) is 2.86. The summed E-state index contributed by atoms with van der Waals surface area (Å²) in [6.45, 7) is 1.94. The Hall–Kier alpha value is -3.18. The smallest absolute Gasteiger partial charge is 0.260 e. The molecule has 1 aliphatic heterocycles. The maximum atomic E-state index is 13.0. The van der Waals surface area contributed by atoms with E-state index in [0.717, 1.165) is 5.56 Å². The molecule has 1 aliphatic rings. The maximum Gasteiger partial charge on any atom is 0.260 e. The van der Waals surface area contributed by atoms with Crippen molar-refractivity contribution in [2.24, 2.45) is 0 Å². The van der Waals surface area contributed by atoms with Crippen LogP contribution in [0.5, 0.6) is 0 Å². The van der Waals surface area contributed by atoms with Crippen LogP contribution in [0.1, 0.15) is 47.0 Å². The molecule has 2 heterocycles. The number of anilines is 1. The molecule has 0 bridgehead atoms. The van der Waals surface area contributed by atoms with Crippen LogP contribution in [0.2, 0.25) is 5.02 Å². The number of amides is 2. The Kier molecular flexibility index (Phi) is 5.32. The molecule has 1 aromatic heterocycles. The molecule has 29 heavy (non-hydrogen) atoms. The summed E-state index contributed by atoms with van der Waals surface area (Å²) in [6, 6.07) is 19.7. The van der Waals surface area contributed by atoms with E-state index >= 15 is 0 Å². The van der Waals surface area contributed by atoms with Crippen LogP contribution >= 0.6 is 11.6 Å². The third kappa shape index (κ3) is 3.87. The highest BCUT2D eigenvalue weighted by Crippen LogP contribution is 2.38. The molecule has 0 radical (unpaired) electrons. The number of carbonyl (C=O) groups excluding carboxylic acids is 2. The number of fused-ring (bicyclic) bond motifs is 1. The second-order valence-electron chi connectivity index (χ2n) is 7.01. The summed E-state index contributed by atoms with van der Waals surface area (Å²) in [5.74, 6) is -0.305. The largest absolute Gasteiger partial charge is 0.350 e. The van der Waals surface area contributed by atoms with Crippen LogP contribution in [0.3, 0.4) is 0 Å². The molecule has 0 spiro atoms. The highest BCUT2D eigenvalue weighted by Gasteiger charge is 2.40. The number of halogens is 1. The SMILES string of the molecule is C[C@H](NC(=O)C[C@H]1c2ncccc2C(=O)N1c1ccc(Cl)cc1)c1ccccc1. The number of carbonyl (C=O) groups is 2. The monoisotopic (exact) mass is 405 g/mol. The molecule has 146 valence electrons. The zero-order valence-electron chi connectivity index (χ0n) is 15.9. The average Bonchev–Trinajstić information content (AvgIpc) is 3.01. The Bertz CT molecular complexity index is 1040. The van der Waals surface area contributed by atoms with Gasteiger partial charge in [-0.05, 0) is 48.9 Å². The van der Waals surface area contributed by atoms with Crippen LogP contribution in [0.15, 0.2) is 72.9 Å². The van der Waals surface area contributed by atoms with E-state index in [2.05, 4.69) is 10.3 Å². The van der Waals surface area contributed by atoms with Gasteiger partial charge in [0.15, 0.2) is 0 Å². The molecule has 1 N–H and O–H groups in total. The first-order valence-electron chi connectivity index (χ1n) is 9.43. The van der Waals surface area contributed by atoms with Gasteiger partial charge in [-0.1, -0.05) is 41.9 Å². The van der Waals surface area contributed by atoms with E-state index in [-0.39, 0.29) is 24.3 Å². The summed E-state index contributed by atoms with van der Waals surface area (Å²) >= 11 is 6.00. The van der Waals surface area contributed by atoms with Crippen LogP contribution < -0.4 is 10.2 Å². The third-order valence-corrected chi connectivity index (χ3v) is 5.33. The van der Waals surface area contributed by atoms with Gasteiger partial charge in [0.1, 0.15) is 0 Å². The Morgan fingerprint density at radius 3 is 2.55 bits per heavy atom. The van der Waals surface area contributed by atoms with Crippen LogP contribution in [0.25, 0.3) is 0 Å². The maximum absolute atomic E-state index is 13.0. The molecular formula is C23H20ClN3O2. The van der Waals surface area contributed by atoms with E-state index in [1.165, 1.54) is 0 Å². The van der Waals surface area contributed by atoms with Gasteiger partial charge >= 0.3 is 0 Å². The molecule has 6 heteroatoms. The molecule has 0 fully saturated rings. The first-order valence-corrected chi connectivity index (χ1v) is 9.80. The summed E-state index contributed by atoms with van der Waals surface area (Å²) in [4.78, 5) is 31.9. The molecule has 5 nitrogen and oxygen atoms in total. The molecule has 4 rings (SSSR count). The molecule has 0 unspecified atom stereocenters. The van der Waals surface area contributed by atoms with Crippen LogP contribution in [-0.4, -0.2) is 16.8 Å². The van der Waals surface area contributed by atoms with E-state index in [9.17, 15) is 9.59 Å². The molecule has 0 saturated carbocycles. The lowest BCUT2D eigenvalue weighted by Crippen LogP contribution is -2.34. The number of nitrogens with zero attached hydrogens (tertiary/aromatic N) is 2. The van der Waals surface area contributed by atoms with Crippen LogP contribution in [0.4, 0.5) is 5.69 Å². The summed E-state index contributed by atoms with van der Waals surface area (Å²) in [6.07, 6.45) is 1.77. The van der Waals surface area contributed by atoms with E-state index < -0.39 is 6.04 Å². The van der Waals surface area contributed by atoms with Gasteiger partial charge in [-0.15, -0.1) is 0 Å². The first kappa shape index (κ1) is 19.2. The average molecular weight is 406 g/mol. The summed E-state index contributed by atoms with van der Waals surface area (Å²) < 4.78 is 0. The molecular weight excluding hydrogens is 386 g/mol. The minimum Gasteiger partial charge on any atom is -0.350 e. The minimum absolute atomic E-state index is 0.121. The molecule has 2 atom stereocenters. The highest BCUT2D eigenvalue weighted by atomic mass is 35.5. The normalized spacial score (nSPS) is 16.4. The van der Waals surface area contributed by atoms with Crippen molar-refractivity contribution in [3.05, 3.63) is 94.8 Å². The lowest BCUT2D eigenvalue weighted by Gasteiger charge is -2.25. The zero-order valence-corrected chi connectivity index (χ0v) is 16.6. The quantitative estimate of drug-likeness (QED) is 0.669. The van der Waals surface area contributed by atoms with Gasteiger partial charge in [0.25, 0.3) is 5.91 Å². The molecule has 0 saturated heterocycles. The third-order valence-electron chi connectivity index (χ3n) is 5.08. The molecule has 2 aromatic carbocycles. The predicted molar refractivity (Wildman–Crippen MR) is 113 cm³/mol. The Balaban J connectivity index is 1.59. The number of nitrogens with one attached hydrogen (secondary N) is 1.